The van der Waals surface area contributed by atoms with Crippen molar-refractivity contribution < 1.29 is 4.39 Å². The summed E-state index contributed by atoms with van der Waals surface area (Å²) in [7, 11) is 0. The summed E-state index contributed by atoms with van der Waals surface area (Å²) in [5, 5.41) is 8.04. The highest BCUT2D eigenvalue weighted by Gasteiger charge is 2.20. The summed E-state index contributed by atoms with van der Waals surface area (Å²) in [6, 6.07) is 6.53. The number of hydrogen-bond acceptors (Lipinski definition) is 2. The normalized spacial score (nSPS) is 14.6. The minimum atomic E-state index is -0.211. The molecule has 0 amide bonds. The molecule has 0 unspecified atom stereocenters. The highest BCUT2D eigenvalue weighted by molar-refractivity contribution is 5.39. The molecule has 94 valence electrons. The van der Waals surface area contributed by atoms with Gasteiger partial charge in [0.2, 0.25) is 0 Å². The van der Waals surface area contributed by atoms with Crippen molar-refractivity contribution in [3.8, 4) is 5.69 Å². The minimum Gasteiger partial charge on any atom is -0.312 e. The summed E-state index contributed by atoms with van der Waals surface area (Å²) >= 11 is 0. The van der Waals surface area contributed by atoms with Crippen LogP contribution in [0.4, 0.5) is 4.39 Å². The molecule has 0 spiro atoms. The van der Waals surface area contributed by atoms with Gasteiger partial charge < -0.3 is 5.32 Å². The van der Waals surface area contributed by atoms with Gasteiger partial charge in [0.05, 0.1) is 17.1 Å². The molecular formula is C14H16FN3. The van der Waals surface area contributed by atoms with Gasteiger partial charge >= 0.3 is 0 Å². The summed E-state index contributed by atoms with van der Waals surface area (Å²) in [6.45, 7) is 3.98. The van der Waals surface area contributed by atoms with Crippen LogP contribution in [0.2, 0.25) is 0 Å². The molecule has 3 rings (SSSR count). The van der Waals surface area contributed by atoms with Crippen molar-refractivity contribution in [2.75, 3.05) is 6.54 Å². The van der Waals surface area contributed by atoms with Crippen molar-refractivity contribution in [3.05, 3.63) is 47.0 Å². The van der Waals surface area contributed by atoms with Crippen LogP contribution in [0.25, 0.3) is 5.69 Å². The van der Waals surface area contributed by atoms with Crippen LogP contribution in [0.15, 0.2) is 24.3 Å². The number of benzene rings is 1. The SMILES string of the molecule is CCc1nn(-c2ccc(F)cc2)c2c1CNCC2. The Kier molecular flexibility index (Phi) is 2.88. The third kappa shape index (κ3) is 1.82. The molecule has 0 radical (unpaired) electrons. The smallest absolute Gasteiger partial charge is 0.123 e. The Morgan fingerprint density at radius 2 is 2.11 bits per heavy atom. The fourth-order valence-corrected chi connectivity index (χ4v) is 2.50. The summed E-state index contributed by atoms with van der Waals surface area (Å²) in [5.74, 6) is -0.211. The van der Waals surface area contributed by atoms with Gasteiger partial charge in [0.25, 0.3) is 0 Å². The van der Waals surface area contributed by atoms with Crippen molar-refractivity contribution in [1.82, 2.24) is 15.1 Å². The standard InChI is InChI=1S/C14H16FN3/c1-2-13-12-9-16-8-7-14(12)18(17-13)11-5-3-10(15)4-6-11/h3-6,16H,2,7-9H2,1H3. The monoisotopic (exact) mass is 245 g/mol. The van der Waals surface area contributed by atoms with Gasteiger partial charge in [-0.3, -0.25) is 0 Å². The molecule has 0 fully saturated rings. The first kappa shape index (κ1) is 11.4. The molecule has 0 saturated heterocycles. The zero-order valence-corrected chi connectivity index (χ0v) is 10.4. The molecule has 1 N–H and O–H groups in total. The highest BCUT2D eigenvalue weighted by Crippen LogP contribution is 2.22. The first-order chi connectivity index (χ1) is 8.79. The van der Waals surface area contributed by atoms with E-state index in [2.05, 4.69) is 17.3 Å². The third-order valence-electron chi connectivity index (χ3n) is 3.42. The fourth-order valence-electron chi connectivity index (χ4n) is 2.50. The van der Waals surface area contributed by atoms with E-state index in [0.717, 1.165) is 37.3 Å². The Morgan fingerprint density at radius 3 is 2.83 bits per heavy atom. The zero-order chi connectivity index (χ0) is 12.5. The predicted octanol–water partition coefficient (Wildman–Crippen LogP) is 2.22. The molecule has 0 saturated carbocycles. The Balaban J connectivity index is 2.11. The maximum atomic E-state index is 13.0. The average Bonchev–Trinajstić information content (AvgIpc) is 2.79. The summed E-state index contributed by atoms with van der Waals surface area (Å²) in [4.78, 5) is 0. The van der Waals surface area contributed by atoms with E-state index in [0.29, 0.717) is 0 Å². The van der Waals surface area contributed by atoms with Crippen LogP contribution in [-0.2, 0) is 19.4 Å². The lowest BCUT2D eigenvalue weighted by molar-refractivity contribution is 0.618. The molecule has 2 heterocycles. The molecule has 2 aromatic rings. The van der Waals surface area contributed by atoms with Gasteiger partial charge in [-0.2, -0.15) is 5.10 Å². The molecule has 0 bridgehead atoms. The molecule has 1 aromatic heterocycles. The van der Waals surface area contributed by atoms with E-state index in [1.54, 1.807) is 12.1 Å². The predicted molar refractivity (Wildman–Crippen MR) is 68.3 cm³/mol. The van der Waals surface area contributed by atoms with Gasteiger partial charge in [0.1, 0.15) is 5.82 Å². The second kappa shape index (κ2) is 4.53. The van der Waals surface area contributed by atoms with E-state index in [-0.39, 0.29) is 5.82 Å². The Labute approximate surface area is 106 Å². The number of rotatable bonds is 2. The summed E-state index contributed by atoms with van der Waals surface area (Å²) in [5.41, 5.74) is 4.65. The number of fused-ring (bicyclic) bond motifs is 1. The van der Waals surface area contributed by atoms with Crippen LogP contribution in [0.3, 0.4) is 0 Å². The van der Waals surface area contributed by atoms with Crippen LogP contribution in [-0.4, -0.2) is 16.3 Å². The second-order valence-electron chi connectivity index (χ2n) is 4.54. The van der Waals surface area contributed by atoms with Crippen LogP contribution in [0.5, 0.6) is 0 Å². The van der Waals surface area contributed by atoms with Crippen molar-refractivity contribution in [2.45, 2.75) is 26.3 Å². The van der Waals surface area contributed by atoms with Gasteiger partial charge in [-0.15, -0.1) is 0 Å². The maximum absolute atomic E-state index is 13.0. The van der Waals surface area contributed by atoms with Crippen LogP contribution < -0.4 is 5.32 Å². The lowest BCUT2D eigenvalue weighted by Gasteiger charge is -2.15. The molecule has 1 aliphatic rings. The van der Waals surface area contributed by atoms with Crippen LogP contribution in [0, 0.1) is 5.82 Å². The van der Waals surface area contributed by atoms with E-state index in [9.17, 15) is 4.39 Å². The Morgan fingerprint density at radius 1 is 1.33 bits per heavy atom. The second-order valence-corrected chi connectivity index (χ2v) is 4.54. The highest BCUT2D eigenvalue weighted by atomic mass is 19.1. The number of hydrogen-bond donors (Lipinski definition) is 1. The van der Waals surface area contributed by atoms with E-state index >= 15 is 0 Å². The fraction of sp³-hybridized carbons (Fsp3) is 0.357. The Hall–Kier alpha value is -1.68. The number of nitrogens with one attached hydrogen (secondary N) is 1. The number of nitrogens with zero attached hydrogens (tertiary/aromatic N) is 2. The van der Waals surface area contributed by atoms with Crippen molar-refractivity contribution in [3.63, 3.8) is 0 Å². The average molecular weight is 245 g/mol. The number of aryl methyl sites for hydroxylation is 1. The van der Waals surface area contributed by atoms with E-state index < -0.39 is 0 Å². The van der Waals surface area contributed by atoms with Gasteiger partial charge in [-0.1, -0.05) is 6.92 Å². The molecule has 18 heavy (non-hydrogen) atoms. The largest absolute Gasteiger partial charge is 0.312 e. The van der Waals surface area contributed by atoms with Gasteiger partial charge in [-0.25, -0.2) is 9.07 Å². The van der Waals surface area contributed by atoms with Crippen molar-refractivity contribution in [1.29, 1.82) is 0 Å². The summed E-state index contributed by atoms with van der Waals surface area (Å²) in [6.07, 6.45) is 1.90. The molecule has 0 atom stereocenters. The summed E-state index contributed by atoms with van der Waals surface area (Å²) < 4.78 is 14.9. The molecule has 0 aliphatic carbocycles. The molecule has 3 nitrogen and oxygen atoms in total. The van der Waals surface area contributed by atoms with Crippen LogP contribution >= 0.6 is 0 Å². The lowest BCUT2D eigenvalue weighted by Crippen LogP contribution is -2.24. The van der Waals surface area contributed by atoms with Gasteiger partial charge in [0, 0.05) is 25.1 Å². The molecule has 4 heteroatoms. The molecular weight excluding hydrogens is 229 g/mol. The van der Waals surface area contributed by atoms with Gasteiger partial charge in [-0.05, 0) is 30.7 Å². The maximum Gasteiger partial charge on any atom is 0.123 e. The first-order valence-corrected chi connectivity index (χ1v) is 6.36. The van der Waals surface area contributed by atoms with E-state index in [4.69, 9.17) is 0 Å². The number of aromatic nitrogens is 2. The van der Waals surface area contributed by atoms with E-state index in [1.165, 1.54) is 23.4 Å². The van der Waals surface area contributed by atoms with Gasteiger partial charge in [0.15, 0.2) is 0 Å². The molecule has 1 aromatic carbocycles. The first-order valence-electron chi connectivity index (χ1n) is 6.36. The van der Waals surface area contributed by atoms with Crippen molar-refractivity contribution >= 4 is 0 Å². The lowest BCUT2D eigenvalue weighted by atomic mass is 10.1. The third-order valence-corrected chi connectivity index (χ3v) is 3.42. The molecule has 1 aliphatic heterocycles. The van der Waals surface area contributed by atoms with Crippen molar-refractivity contribution in [2.24, 2.45) is 0 Å². The Bertz CT molecular complexity index is 557. The quantitative estimate of drug-likeness (QED) is 0.879. The number of halogens is 1. The minimum absolute atomic E-state index is 0.211. The van der Waals surface area contributed by atoms with Crippen LogP contribution in [0.1, 0.15) is 23.9 Å². The topological polar surface area (TPSA) is 29.9 Å². The zero-order valence-electron chi connectivity index (χ0n) is 10.4. The van der Waals surface area contributed by atoms with E-state index in [1.807, 2.05) is 4.68 Å².